The van der Waals surface area contributed by atoms with Crippen LogP contribution in [0.25, 0.3) is 0 Å². The fraction of sp³-hybridized carbons (Fsp3) is 0.538. The lowest BCUT2D eigenvalue weighted by Crippen LogP contribution is -2.40. The third-order valence-electron chi connectivity index (χ3n) is 3.25. The molecule has 1 aromatic carbocycles. The second kappa shape index (κ2) is 6.00. The molecule has 3 N–H and O–H groups in total. The minimum Gasteiger partial charge on any atom is -0.380 e. The molecular weight excluding hydrogens is 264 g/mol. The molecule has 0 radical (unpaired) electrons. The monoisotopic (exact) mass is 284 g/mol. The molecule has 1 unspecified atom stereocenters. The summed E-state index contributed by atoms with van der Waals surface area (Å²) in [5.74, 6) is 0. The van der Waals surface area contributed by atoms with Crippen LogP contribution in [0.3, 0.4) is 0 Å². The number of benzene rings is 1. The van der Waals surface area contributed by atoms with E-state index in [0.29, 0.717) is 30.2 Å². The zero-order valence-electron chi connectivity index (χ0n) is 11.1. The Bertz CT molecular complexity index is 537. The van der Waals surface area contributed by atoms with Crippen molar-refractivity contribution >= 4 is 10.0 Å². The van der Waals surface area contributed by atoms with Crippen LogP contribution in [0, 0.1) is 6.92 Å². The highest BCUT2D eigenvalue weighted by molar-refractivity contribution is 7.89. The van der Waals surface area contributed by atoms with Gasteiger partial charge in [-0.1, -0.05) is 12.1 Å². The molecule has 0 amide bonds. The molecule has 0 spiro atoms. The molecule has 2 rings (SSSR count). The molecule has 0 aromatic heterocycles. The largest absolute Gasteiger partial charge is 0.380 e. The van der Waals surface area contributed by atoms with Crippen LogP contribution in [0.1, 0.15) is 24.0 Å². The van der Waals surface area contributed by atoms with Gasteiger partial charge in [-0.25, -0.2) is 13.1 Å². The lowest BCUT2D eigenvalue weighted by Gasteiger charge is -2.23. The molecule has 1 fully saturated rings. The smallest absolute Gasteiger partial charge is 0.241 e. The van der Waals surface area contributed by atoms with Crippen molar-refractivity contribution < 1.29 is 13.2 Å². The summed E-state index contributed by atoms with van der Waals surface area (Å²) in [5.41, 5.74) is 7.19. The van der Waals surface area contributed by atoms with Gasteiger partial charge in [0, 0.05) is 19.2 Å². The molecule has 0 aliphatic carbocycles. The van der Waals surface area contributed by atoms with Crippen molar-refractivity contribution in [2.24, 2.45) is 5.73 Å². The Labute approximate surface area is 114 Å². The van der Waals surface area contributed by atoms with Crippen LogP contribution < -0.4 is 10.5 Å². The number of nitrogens with two attached hydrogens (primary N) is 1. The van der Waals surface area contributed by atoms with Crippen molar-refractivity contribution in [1.82, 2.24) is 4.72 Å². The second-order valence-corrected chi connectivity index (χ2v) is 6.52. The van der Waals surface area contributed by atoms with E-state index in [2.05, 4.69) is 4.72 Å². The molecule has 5 nitrogen and oxygen atoms in total. The maximum atomic E-state index is 12.3. The van der Waals surface area contributed by atoms with Crippen LogP contribution in [-0.2, 0) is 21.3 Å². The third kappa shape index (κ3) is 3.54. The van der Waals surface area contributed by atoms with Crippen LogP contribution in [0.5, 0.6) is 0 Å². The van der Waals surface area contributed by atoms with Gasteiger partial charge in [0.15, 0.2) is 0 Å². The Kier molecular flexibility index (Phi) is 4.57. The van der Waals surface area contributed by atoms with Gasteiger partial charge in [0.25, 0.3) is 0 Å². The number of hydrogen-bond acceptors (Lipinski definition) is 4. The molecule has 1 aromatic rings. The lowest BCUT2D eigenvalue weighted by atomic mass is 10.1. The summed E-state index contributed by atoms with van der Waals surface area (Å²) in [6.07, 6.45) is 1.71. The summed E-state index contributed by atoms with van der Waals surface area (Å²) in [4.78, 5) is 0.315. The van der Waals surface area contributed by atoms with E-state index in [4.69, 9.17) is 10.5 Å². The fourth-order valence-corrected chi connectivity index (χ4v) is 3.74. The Morgan fingerprint density at radius 3 is 2.84 bits per heavy atom. The van der Waals surface area contributed by atoms with Crippen LogP contribution in [0.2, 0.25) is 0 Å². The number of rotatable bonds is 4. The van der Waals surface area contributed by atoms with Gasteiger partial charge in [-0.05, 0) is 37.0 Å². The number of nitrogens with one attached hydrogen (secondary N) is 1. The first-order chi connectivity index (χ1) is 9.03. The SMILES string of the molecule is Cc1cc(CN)ccc1S(=O)(=O)NC1CCCOC1. The van der Waals surface area contributed by atoms with Crippen molar-refractivity contribution in [2.45, 2.75) is 37.2 Å². The van der Waals surface area contributed by atoms with Crippen LogP contribution in [-0.4, -0.2) is 27.7 Å². The normalized spacial score (nSPS) is 20.4. The predicted molar refractivity (Wildman–Crippen MR) is 73.2 cm³/mol. The zero-order chi connectivity index (χ0) is 13.9. The number of sulfonamides is 1. The number of ether oxygens (including phenoxy) is 1. The van der Waals surface area contributed by atoms with E-state index in [-0.39, 0.29) is 6.04 Å². The van der Waals surface area contributed by atoms with Crippen LogP contribution >= 0.6 is 0 Å². The molecular formula is C13H20N2O3S. The first kappa shape index (κ1) is 14.5. The maximum Gasteiger partial charge on any atom is 0.241 e. The van der Waals surface area contributed by atoms with Gasteiger partial charge >= 0.3 is 0 Å². The zero-order valence-corrected chi connectivity index (χ0v) is 11.9. The van der Waals surface area contributed by atoms with Gasteiger partial charge in [0.1, 0.15) is 0 Å². The topological polar surface area (TPSA) is 81.4 Å². The van der Waals surface area contributed by atoms with Crippen molar-refractivity contribution in [2.75, 3.05) is 13.2 Å². The standard InChI is InChI=1S/C13H20N2O3S/c1-10-7-11(8-14)4-5-13(10)19(16,17)15-12-3-2-6-18-9-12/h4-5,7,12,15H,2-3,6,8-9,14H2,1H3. The number of hydrogen-bond donors (Lipinski definition) is 2. The molecule has 0 bridgehead atoms. The highest BCUT2D eigenvalue weighted by atomic mass is 32.2. The minimum atomic E-state index is -3.49. The quantitative estimate of drug-likeness (QED) is 0.861. The summed E-state index contributed by atoms with van der Waals surface area (Å²) >= 11 is 0. The predicted octanol–water partition coefficient (Wildman–Crippen LogP) is 0.911. The molecule has 0 saturated carbocycles. The molecule has 1 saturated heterocycles. The Hall–Kier alpha value is -0.950. The molecule has 1 heterocycles. The van der Waals surface area contributed by atoms with Crippen LogP contribution in [0.4, 0.5) is 0 Å². The van der Waals surface area contributed by atoms with Crippen molar-refractivity contribution in [3.8, 4) is 0 Å². The van der Waals surface area contributed by atoms with E-state index in [1.165, 1.54) is 0 Å². The Morgan fingerprint density at radius 1 is 1.47 bits per heavy atom. The van der Waals surface area contributed by atoms with Crippen molar-refractivity contribution in [3.05, 3.63) is 29.3 Å². The van der Waals surface area contributed by atoms with E-state index in [0.717, 1.165) is 18.4 Å². The van der Waals surface area contributed by atoms with Gasteiger partial charge in [0.05, 0.1) is 11.5 Å². The van der Waals surface area contributed by atoms with E-state index in [1.54, 1.807) is 19.1 Å². The van der Waals surface area contributed by atoms with Gasteiger partial charge in [0.2, 0.25) is 10.0 Å². The second-order valence-electron chi connectivity index (χ2n) is 4.84. The highest BCUT2D eigenvalue weighted by Gasteiger charge is 2.23. The minimum absolute atomic E-state index is 0.132. The van der Waals surface area contributed by atoms with E-state index < -0.39 is 10.0 Å². The lowest BCUT2D eigenvalue weighted by molar-refractivity contribution is 0.0774. The van der Waals surface area contributed by atoms with E-state index >= 15 is 0 Å². The van der Waals surface area contributed by atoms with Gasteiger partial charge in [-0.2, -0.15) is 0 Å². The summed E-state index contributed by atoms with van der Waals surface area (Å²) < 4.78 is 32.6. The summed E-state index contributed by atoms with van der Waals surface area (Å²) in [6, 6.07) is 5.04. The van der Waals surface area contributed by atoms with Crippen molar-refractivity contribution in [1.29, 1.82) is 0 Å². The fourth-order valence-electron chi connectivity index (χ4n) is 2.26. The molecule has 1 aliphatic heterocycles. The highest BCUT2D eigenvalue weighted by Crippen LogP contribution is 2.18. The summed E-state index contributed by atoms with van der Waals surface area (Å²) in [7, 11) is -3.49. The van der Waals surface area contributed by atoms with Gasteiger partial charge < -0.3 is 10.5 Å². The van der Waals surface area contributed by atoms with Crippen molar-refractivity contribution in [3.63, 3.8) is 0 Å². The van der Waals surface area contributed by atoms with Crippen LogP contribution in [0.15, 0.2) is 23.1 Å². The van der Waals surface area contributed by atoms with E-state index in [1.807, 2.05) is 6.07 Å². The third-order valence-corrected chi connectivity index (χ3v) is 4.93. The molecule has 1 atom stereocenters. The first-order valence-corrected chi connectivity index (χ1v) is 7.91. The summed E-state index contributed by atoms with van der Waals surface area (Å²) in [6.45, 7) is 3.35. The maximum absolute atomic E-state index is 12.3. The number of aryl methyl sites for hydroxylation is 1. The first-order valence-electron chi connectivity index (χ1n) is 6.42. The molecule has 106 valence electrons. The summed E-state index contributed by atoms with van der Waals surface area (Å²) in [5, 5.41) is 0. The van der Waals surface area contributed by atoms with Gasteiger partial charge in [-0.15, -0.1) is 0 Å². The Morgan fingerprint density at radius 2 is 2.26 bits per heavy atom. The Balaban J connectivity index is 2.18. The average molecular weight is 284 g/mol. The molecule has 19 heavy (non-hydrogen) atoms. The average Bonchev–Trinajstić information content (AvgIpc) is 2.38. The molecule has 6 heteroatoms. The van der Waals surface area contributed by atoms with Gasteiger partial charge in [-0.3, -0.25) is 0 Å². The molecule has 1 aliphatic rings. The van der Waals surface area contributed by atoms with E-state index in [9.17, 15) is 8.42 Å².